The monoisotopic (exact) mass is 316 g/mol. The molecule has 3 rings (SSSR count). The van der Waals surface area contributed by atoms with Crippen molar-refractivity contribution < 1.29 is 19.3 Å². The molecular weight excluding hydrogens is 300 g/mol. The average molecular weight is 316 g/mol. The number of ether oxygens (including phenoxy) is 3. The van der Waals surface area contributed by atoms with Crippen molar-refractivity contribution in [3.8, 4) is 0 Å². The molecule has 119 valence electrons. The van der Waals surface area contributed by atoms with Crippen molar-refractivity contribution in [2.45, 2.75) is 24.5 Å². The predicted molar refractivity (Wildman–Crippen MR) is 83.0 cm³/mol. The molecule has 0 aromatic carbocycles. The van der Waals surface area contributed by atoms with Crippen molar-refractivity contribution in [3.05, 3.63) is 12.7 Å². The number of aliphatic hydroxyl groups is 1. The van der Waals surface area contributed by atoms with Gasteiger partial charge in [-0.25, -0.2) is 0 Å². The molecule has 4 atom stereocenters. The van der Waals surface area contributed by atoms with Crippen LogP contribution in [0.5, 0.6) is 0 Å². The summed E-state index contributed by atoms with van der Waals surface area (Å²) in [6, 6.07) is 0. The molecule has 23 heavy (non-hydrogen) atoms. The van der Waals surface area contributed by atoms with Crippen LogP contribution in [0.15, 0.2) is 12.7 Å². The molecular formula is C12H16B2N5O4. The fourth-order valence-corrected chi connectivity index (χ4v) is 2.84. The normalized spacial score (nSPS) is 27.2. The van der Waals surface area contributed by atoms with Gasteiger partial charge in [0.2, 0.25) is 0 Å². The predicted octanol–water partition coefficient (Wildman–Crippen LogP) is -1.14. The number of hydrogen-bond acceptors (Lipinski definition) is 8. The Balaban J connectivity index is 2.02. The van der Waals surface area contributed by atoms with Gasteiger partial charge in [-0.2, -0.15) is 0 Å². The number of aliphatic hydroxyl groups excluding tert-OH is 1. The van der Waals surface area contributed by atoms with Gasteiger partial charge in [0.25, 0.3) is 0 Å². The van der Waals surface area contributed by atoms with Crippen molar-refractivity contribution in [3.63, 3.8) is 0 Å². The van der Waals surface area contributed by atoms with E-state index >= 15 is 0 Å². The number of nitrogens with one attached hydrogen (secondary N) is 1. The third kappa shape index (κ3) is 2.69. The number of imidazole rings is 1. The molecule has 1 aliphatic rings. The van der Waals surface area contributed by atoms with Crippen molar-refractivity contribution in [1.29, 1.82) is 0 Å². The van der Waals surface area contributed by atoms with Crippen LogP contribution in [0.2, 0.25) is 0 Å². The second-order valence-electron chi connectivity index (χ2n) is 5.01. The molecule has 1 unspecified atom stereocenters. The van der Waals surface area contributed by atoms with E-state index in [2.05, 4.69) is 20.2 Å². The van der Waals surface area contributed by atoms with Gasteiger partial charge in [0.05, 0.1) is 0 Å². The summed E-state index contributed by atoms with van der Waals surface area (Å²) in [4.78, 5) is 12.7. The van der Waals surface area contributed by atoms with E-state index in [0.29, 0.717) is 17.0 Å². The van der Waals surface area contributed by atoms with Crippen LogP contribution < -0.4 is 5.23 Å². The Bertz CT molecular complexity index is 699. The Morgan fingerprint density at radius 1 is 1.35 bits per heavy atom. The second-order valence-corrected chi connectivity index (χ2v) is 5.01. The third-order valence-corrected chi connectivity index (χ3v) is 3.86. The van der Waals surface area contributed by atoms with Gasteiger partial charge in [0.15, 0.2) is 0 Å². The van der Waals surface area contributed by atoms with Gasteiger partial charge < -0.3 is 0 Å². The quantitative estimate of drug-likeness (QED) is 0.645. The summed E-state index contributed by atoms with van der Waals surface area (Å²) in [5.41, 5.74) is 1.11. The molecule has 0 amide bonds. The van der Waals surface area contributed by atoms with Crippen molar-refractivity contribution in [2.75, 3.05) is 26.1 Å². The van der Waals surface area contributed by atoms with Crippen LogP contribution in [0, 0.1) is 0 Å². The Labute approximate surface area is 134 Å². The molecule has 0 spiro atoms. The first kappa shape index (κ1) is 16.2. The van der Waals surface area contributed by atoms with Crippen molar-refractivity contribution in [1.82, 2.24) is 19.5 Å². The van der Waals surface area contributed by atoms with E-state index in [1.165, 1.54) is 13.3 Å². The number of fused-ring (bicyclic) bond motifs is 1. The topological polar surface area (TPSA) is 104 Å². The van der Waals surface area contributed by atoms with E-state index in [9.17, 15) is 5.11 Å². The summed E-state index contributed by atoms with van der Waals surface area (Å²) in [5.74, 6) is 0.491. The van der Waals surface area contributed by atoms with Crippen molar-refractivity contribution in [2.24, 2.45) is 0 Å². The van der Waals surface area contributed by atoms with Crippen LogP contribution >= 0.6 is 0 Å². The molecule has 2 N–H and O–H groups in total. The zero-order chi connectivity index (χ0) is 16.4. The molecule has 3 heterocycles. The van der Waals surface area contributed by atoms with Gasteiger partial charge in [0.1, 0.15) is 0 Å². The van der Waals surface area contributed by atoms with Gasteiger partial charge in [0, 0.05) is 0 Å². The zero-order valence-corrected chi connectivity index (χ0v) is 12.8. The van der Waals surface area contributed by atoms with Gasteiger partial charge >= 0.3 is 133 Å². The van der Waals surface area contributed by atoms with E-state index in [1.54, 1.807) is 25.1 Å². The Hall–Kier alpha value is -1.68. The maximum absolute atomic E-state index is 9.48. The van der Waals surface area contributed by atoms with Crippen LogP contribution in [-0.2, 0) is 14.2 Å². The molecule has 0 aliphatic carbocycles. The number of nitrogens with zero attached hydrogens (tertiary/aromatic N) is 4. The Morgan fingerprint density at radius 2 is 2.13 bits per heavy atom. The molecule has 2 aromatic heterocycles. The summed E-state index contributed by atoms with van der Waals surface area (Å²) < 4.78 is 18.5. The molecule has 2 aromatic rings. The van der Waals surface area contributed by atoms with Crippen LogP contribution in [0.25, 0.3) is 11.2 Å². The number of hydrogen-bond donors (Lipinski definition) is 2. The first-order valence-corrected chi connectivity index (χ1v) is 7.04. The Morgan fingerprint density at radius 3 is 2.78 bits per heavy atom. The number of methoxy groups -OCH3 is 2. The summed E-state index contributed by atoms with van der Waals surface area (Å²) in [5, 5.41) is 12.3. The minimum absolute atomic E-state index is 0.175. The van der Waals surface area contributed by atoms with Gasteiger partial charge in [-0.3, -0.25) is 0 Å². The minimum atomic E-state index is -0.531. The van der Waals surface area contributed by atoms with E-state index in [4.69, 9.17) is 21.6 Å². The maximum atomic E-state index is 9.48. The first-order chi connectivity index (χ1) is 11.2. The summed E-state index contributed by atoms with van der Waals surface area (Å²) in [7, 11) is 8.50. The van der Waals surface area contributed by atoms with E-state index in [0.717, 1.165) is 0 Å². The van der Waals surface area contributed by atoms with Gasteiger partial charge in [-0.15, -0.1) is 0 Å². The molecule has 1 radical (unpaired) electrons. The van der Waals surface area contributed by atoms with E-state index < -0.39 is 24.5 Å². The molecule has 11 heteroatoms. The van der Waals surface area contributed by atoms with Gasteiger partial charge in [-0.1, -0.05) is 0 Å². The second kappa shape index (κ2) is 6.83. The summed E-state index contributed by atoms with van der Waals surface area (Å²) >= 11 is 0. The number of anilines is 1. The molecule has 1 aliphatic heterocycles. The van der Waals surface area contributed by atoms with E-state index in [-0.39, 0.29) is 6.61 Å². The average Bonchev–Trinajstić information content (AvgIpc) is 3.15. The van der Waals surface area contributed by atoms with Crippen LogP contribution in [0.3, 0.4) is 0 Å². The Kier molecular flexibility index (Phi) is 4.81. The molecule has 1 fully saturated rings. The van der Waals surface area contributed by atoms with Gasteiger partial charge in [-0.05, 0) is 0 Å². The zero-order valence-electron chi connectivity index (χ0n) is 12.8. The molecule has 0 saturated carbocycles. The fourth-order valence-electron chi connectivity index (χ4n) is 2.84. The molecule has 0 bridgehead atoms. The summed E-state index contributed by atoms with van der Waals surface area (Å²) in [6.45, 7) is 1.10. The van der Waals surface area contributed by atoms with Crippen LogP contribution in [-0.4, -0.2) is 78.1 Å². The summed E-state index contributed by atoms with van der Waals surface area (Å²) in [6.07, 6.45) is 1.15. The first-order valence-electron chi connectivity index (χ1n) is 7.04. The fraction of sp³-hybridized carbons (Fsp3) is 0.583. The molecule has 1 saturated heterocycles. The van der Waals surface area contributed by atoms with E-state index in [1.807, 2.05) is 0 Å². The van der Waals surface area contributed by atoms with Crippen LogP contribution in [0.1, 0.15) is 6.23 Å². The SMILES string of the molecule is [B]=BNc1ncnc2c1ncn2[C@@H]1O[C@H](CO)C(OC)[C@@H]1OC. The molecule has 9 nitrogen and oxygen atoms in total. The number of aromatic nitrogens is 4. The standard InChI is InChI=1S/C12H16B2N5O4/c1-21-8-6(3-20)23-12(9(8)22-2)19-5-17-7-10(18-14-13)15-4-16-11(7)19/h4-6,8-9,12,20H,3H2,1-2H3,(H,15,16,18)/t6-,8?,9+,12-/m1/s1. The number of rotatable bonds is 6. The van der Waals surface area contributed by atoms with Crippen LogP contribution in [0.4, 0.5) is 5.82 Å². The third-order valence-electron chi connectivity index (χ3n) is 3.86. The van der Waals surface area contributed by atoms with Crippen molar-refractivity contribution >= 4 is 31.3 Å².